The molecular weight excluding hydrogens is 560 g/mol. The summed E-state index contributed by atoms with van der Waals surface area (Å²) < 4.78 is 25.7. The highest BCUT2D eigenvalue weighted by atomic mass is 16.6. The van der Waals surface area contributed by atoms with E-state index < -0.39 is 22.9 Å². The number of nitrogens with zero attached hydrogens (tertiary/aromatic N) is 6. The first-order valence-corrected chi connectivity index (χ1v) is 14.7. The Kier molecular flexibility index (Phi) is 7.73. The van der Waals surface area contributed by atoms with Gasteiger partial charge in [0.15, 0.2) is 5.82 Å². The molecule has 3 heterocycles. The van der Waals surface area contributed by atoms with Gasteiger partial charge in [0.25, 0.3) is 0 Å². The monoisotopic (exact) mass is 596 g/mol. The maximum atomic E-state index is 13.2. The van der Waals surface area contributed by atoms with Crippen LogP contribution in [0.25, 0.3) is 11.0 Å². The summed E-state index contributed by atoms with van der Waals surface area (Å²) in [6.45, 7) is 5.16. The van der Waals surface area contributed by atoms with Crippen molar-refractivity contribution >= 4 is 22.9 Å². The van der Waals surface area contributed by atoms with Crippen LogP contribution in [0, 0.1) is 11.3 Å². The van der Waals surface area contributed by atoms with Crippen molar-refractivity contribution in [2.75, 3.05) is 25.7 Å². The number of benzene rings is 2. The van der Waals surface area contributed by atoms with E-state index in [2.05, 4.69) is 21.0 Å². The van der Waals surface area contributed by atoms with Crippen molar-refractivity contribution < 1.29 is 23.7 Å². The number of carbonyl (C=O) groups is 1. The number of ether oxygens (including phenoxy) is 4. The van der Waals surface area contributed by atoms with E-state index in [1.807, 2.05) is 54.8 Å². The number of anilines is 1. The first kappa shape index (κ1) is 29.5. The van der Waals surface area contributed by atoms with E-state index in [1.54, 1.807) is 43.9 Å². The van der Waals surface area contributed by atoms with Crippen LogP contribution in [-0.4, -0.2) is 57.6 Å². The molecule has 0 bridgehead atoms. The van der Waals surface area contributed by atoms with Gasteiger partial charge in [-0.05, 0) is 69.0 Å². The van der Waals surface area contributed by atoms with Gasteiger partial charge >= 0.3 is 6.09 Å². The van der Waals surface area contributed by atoms with Crippen LogP contribution in [0.1, 0.15) is 56.4 Å². The average molecular weight is 597 g/mol. The molecule has 2 atom stereocenters. The lowest BCUT2D eigenvalue weighted by Gasteiger charge is -2.44. The lowest BCUT2D eigenvalue weighted by atomic mass is 9.74. The van der Waals surface area contributed by atoms with Crippen molar-refractivity contribution in [3.05, 3.63) is 78.0 Å². The molecule has 1 aliphatic carbocycles. The van der Waals surface area contributed by atoms with Gasteiger partial charge in [0.05, 0.1) is 79.5 Å². The van der Waals surface area contributed by atoms with Crippen LogP contribution >= 0.6 is 0 Å². The van der Waals surface area contributed by atoms with Crippen LogP contribution in [0.2, 0.25) is 0 Å². The quantitative estimate of drug-likeness (QED) is 0.246. The second-order valence-corrected chi connectivity index (χ2v) is 12.1. The highest BCUT2D eigenvalue weighted by Gasteiger charge is 2.54. The van der Waals surface area contributed by atoms with Crippen LogP contribution < -0.4 is 9.64 Å². The summed E-state index contributed by atoms with van der Waals surface area (Å²) in [6.07, 6.45) is 7.47. The number of fused-ring (bicyclic) bond motifs is 1. The van der Waals surface area contributed by atoms with Gasteiger partial charge in [0.1, 0.15) is 17.0 Å². The van der Waals surface area contributed by atoms with Crippen molar-refractivity contribution in [2.45, 2.75) is 69.5 Å². The Balaban J connectivity index is 1.15. The van der Waals surface area contributed by atoms with Gasteiger partial charge < -0.3 is 23.5 Å². The number of carbonyl (C=O) groups excluding carboxylic acids is 1. The molecule has 4 aromatic rings. The van der Waals surface area contributed by atoms with E-state index in [1.165, 1.54) is 0 Å². The molecule has 1 aliphatic heterocycles. The average Bonchev–Trinajstić information content (AvgIpc) is 3.59. The van der Waals surface area contributed by atoms with E-state index in [-0.39, 0.29) is 0 Å². The molecule has 1 saturated heterocycles. The van der Waals surface area contributed by atoms with E-state index in [9.17, 15) is 10.1 Å². The van der Waals surface area contributed by atoms with E-state index in [0.717, 1.165) is 41.6 Å². The number of amides is 1. The summed E-state index contributed by atoms with van der Waals surface area (Å²) in [5.41, 5.74) is 1.93. The predicted octanol–water partition coefficient (Wildman–Crippen LogP) is 5.51. The minimum Gasteiger partial charge on any atom is -0.497 e. The molecule has 0 N–H and O–H groups in total. The molecule has 2 fully saturated rings. The Morgan fingerprint density at radius 2 is 1.89 bits per heavy atom. The summed E-state index contributed by atoms with van der Waals surface area (Å²) in [6, 6.07) is 15.4. The Morgan fingerprint density at radius 1 is 1.07 bits per heavy atom. The fourth-order valence-electron chi connectivity index (χ4n) is 6.29. The van der Waals surface area contributed by atoms with Crippen LogP contribution in [-0.2, 0) is 33.0 Å². The van der Waals surface area contributed by atoms with Gasteiger partial charge in [-0.1, -0.05) is 12.1 Å². The van der Waals surface area contributed by atoms with Gasteiger partial charge in [0, 0.05) is 13.5 Å². The molecule has 228 valence electrons. The lowest BCUT2D eigenvalue weighted by molar-refractivity contribution is -0.113. The van der Waals surface area contributed by atoms with E-state index in [4.69, 9.17) is 18.9 Å². The van der Waals surface area contributed by atoms with Crippen molar-refractivity contribution in [1.29, 1.82) is 5.26 Å². The van der Waals surface area contributed by atoms with E-state index in [0.29, 0.717) is 43.2 Å². The summed E-state index contributed by atoms with van der Waals surface area (Å²) in [5.74, 6) is 1.22. The summed E-state index contributed by atoms with van der Waals surface area (Å²) in [7, 11) is 3.34. The zero-order valence-corrected chi connectivity index (χ0v) is 25.4. The molecule has 44 heavy (non-hydrogen) atoms. The number of imidazole rings is 1. The molecule has 2 aliphatic rings. The normalized spacial score (nSPS) is 21.9. The number of hydrogen-bond donors (Lipinski definition) is 0. The fraction of sp³-hybridized carbons (Fsp3) is 0.424. The Labute approximate surface area is 256 Å². The summed E-state index contributed by atoms with van der Waals surface area (Å²) in [4.78, 5) is 28.5. The van der Waals surface area contributed by atoms with E-state index >= 15 is 0 Å². The molecule has 1 amide bonds. The molecular formula is C33H36N6O5. The van der Waals surface area contributed by atoms with Crippen molar-refractivity contribution in [3.8, 4) is 11.8 Å². The van der Waals surface area contributed by atoms with Crippen LogP contribution in [0.15, 0.2) is 61.2 Å². The zero-order valence-electron chi connectivity index (χ0n) is 25.4. The molecule has 0 radical (unpaired) electrons. The maximum Gasteiger partial charge on any atom is 0.416 e. The Bertz CT molecular complexity index is 1700. The molecule has 6 rings (SSSR count). The van der Waals surface area contributed by atoms with Crippen LogP contribution in [0.4, 0.5) is 10.6 Å². The number of hydrogen-bond acceptors (Lipinski definition) is 9. The summed E-state index contributed by atoms with van der Waals surface area (Å²) in [5, 5.41) is 9.39. The lowest BCUT2D eigenvalue weighted by Crippen LogP contribution is -2.51. The number of aromatic nitrogens is 4. The molecule has 11 heteroatoms. The first-order valence-electron chi connectivity index (χ1n) is 14.7. The smallest absolute Gasteiger partial charge is 0.416 e. The summed E-state index contributed by atoms with van der Waals surface area (Å²) >= 11 is 0. The standard InChI is InChI=1S/C33H36N6O5/c1-31(2,43-18-23-6-9-25(41-3)10-7-23)28-16-36-29(17-35-28)39-21-33(44-30(39)40)13-5-12-32(19-33,42-4)20-38-22-37-26-11-8-24(15-34)14-27(26)38/h6-11,14,16-17,22H,5,12-13,18-21H2,1-4H3/t32-,33+/m1/s1. The third-order valence-corrected chi connectivity index (χ3v) is 8.81. The van der Waals surface area contributed by atoms with Crippen LogP contribution in [0.5, 0.6) is 5.75 Å². The minimum absolute atomic E-state index is 0.353. The zero-order chi connectivity index (χ0) is 31.0. The van der Waals surface area contributed by atoms with Gasteiger partial charge in [-0.15, -0.1) is 0 Å². The minimum atomic E-state index is -0.722. The number of rotatable bonds is 9. The number of methoxy groups -OCH3 is 2. The van der Waals surface area contributed by atoms with Gasteiger partial charge in [0.2, 0.25) is 0 Å². The Morgan fingerprint density at radius 3 is 2.59 bits per heavy atom. The third-order valence-electron chi connectivity index (χ3n) is 8.81. The molecule has 2 aromatic heterocycles. The second-order valence-electron chi connectivity index (χ2n) is 12.1. The predicted molar refractivity (Wildman–Crippen MR) is 162 cm³/mol. The molecule has 1 saturated carbocycles. The third kappa shape index (κ3) is 5.70. The van der Waals surface area contributed by atoms with Crippen molar-refractivity contribution in [1.82, 2.24) is 19.5 Å². The maximum absolute atomic E-state index is 13.2. The highest BCUT2D eigenvalue weighted by molar-refractivity contribution is 5.89. The van der Waals surface area contributed by atoms with Crippen molar-refractivity contribution in [2.24, 2.45) is 0 Å². The largest absolute Gasteiger partial charge is 0.497 e. The molecule has 0 unspecified atom stereocenters. The fourth-order valence-corrected chi connectivity index (χ4v) is 6.29. The molecule has 2 aromatic carbocycles. The van der Waals surface area contributed by atoms with Crippen molar-refractivity contribution in [3.63, 3.8) is 0 Å². The molecule has 1 spiro atoms. The topological polar surface area (TPSA) is 125 Å². The van der Waals surface area contributed by atoms with Gasteiger partial charge in [-0.2, -0.15) is 5.26 Å². The SMILES string of the molecule is COc1ccc(COC(C)(C)c2cnc(N3C[C@@]4(CCC[C@@](Cn5cnc6ccc(C#N)cc65)(OC)C4)OC3=O)cn2)cc1. The van der Waals surface area contributed by atoms with Gasteiger partial charge in [-0.3, -0.25) is 9.88 Å². The Hall–Kier alpha value is -4.53. The number of nitriles is 1. The first-order chi connectivity index (χ1) is 21.2. The second kappa shape index (κ2) is 11.5. The highest BCUT2D eigenvalue weighted by Crippen LogP contribution is 2.45. The van der Waals surface area contributed by atoms with Gasteiger partial charge in [-0.25, -0.2) is 14.8 Å². The van der Waals surface area contributed by atoms with Crippen LogP contribution in [0.3, 0.4) is 0 Å². The molecule has 11 nitrogen and oxygen atoms in total.